The number of nitrogens with zero attached hydrogens (tertiary/aromatic N) is 1. The van der Waals surface area contributed by atoms with E-state index in [2.05, 4.69) is 6.07 Å². The van der Waals surface area contributed by atoms with E-state index in [4.69, 9.17) is 9.47 Å². The van der Waals surface area contributed by atoms with Gasteiger partial charge in [-0.25, -0.2) is 12.8 Å². The highest BCUT2D eigenvalue weighted by molar-refractivity contribution is 7.89. The van der Waals surface area contributed by atoms with Crippen LogP contribution in [-0.4, -0.2) is 38.6 Å². The molecule has 2 heterocycles. The number of rotatable bonds is 10. The first-order valence-electron chi connectivity index (χ1n) is 10.6. The third kappa shape index (κ3) is 5.95. The fraction of sp³-hybridized carbons (Fsp3) is 0.333. The van der Waals surface area contributed by atoms with Gasteiger partial charge in [0.2, 0.25) is 10.0 Å². The maximum absolute atomic E-state index is 13.7. The molecule has 5 nitrogen and oxygen atoms in total. The monoisotopic (exact) mass is 475 g/mol. The Morgan fingerprint density at radius 3 is 2.75 bits per heavy atom. The van der Waals surface area contributed by atoms with Gasteiger partial charge in [0.05, 0.1) is 17.6 Å². The van der Waals surface area contributed by atoms with Gasteiger partial charge in [-0.2, -0.15) is 4.31 Å². The number of halogens is 1. The fourth-order valence-electron chi connectivity index (χ4n) is 3.70. The van der Waals surface area contributed by atoms with E-state index in [-0.39, 0.29) is 24.1 Å². The molecule has 0 amide bonds. The molecule has 2 aromatic carbocycles. The fourth-order valence-corrected chi connectivity index (χ4v) is 5.88. The van der Waals surface area contributed by atoms with Gasteiger partial charge in [-0.1, -0.05) is 24.3 Å². The van der Waals surface area contributed by atoms with Crippen molar-refractivity contribution in [2.24, 2.45) is 0 Å². The Balaban J connectivity index is 1.50. The summed E-state index contributed by atoms with van der Waals surface area (Å²) in [7, 11) is -3.89. The first-order valence-corrected chi connectivity index (χ1v) is 12.9. The van der Waals surface area contributed by atoms with Gasteiger partial charge in [0.25, 0.3) is 0 Å². The highest BCUT2D eigenvalue weighted by atomic mass is 32.2. The van der Waals surface area contributed by atoms with Crippen molar-refractivity contribution in [1.82, 2.24) is 4.31 Å². The molecule has 170 valence electrons. The molecule has 0 bridgehead atoms. The first-order chi connectivity index (χ1) is 15.5. The molecule has 8 heteroatoms. The van der Waals surface area contributed by atoms with Gasteiger partial charge in [0, 0.05) is 31.0 Å². The average Bonchev–Trinajstić information content (AvgIpc) is 3.48. The largest absolute Gasteiger partial charge is 0.493 e. The first kappa shape index (κ1) is 22.9. The van der Waals surface area contributed by atoms with Gasteiger partial charge < -0.3 is 9.47 Å². The quantitative estimate of drug-likeness (QED) is 0.419. The number of hydrogen-bond acceptors (Lipinski definition) is 5. The van der Waals surface area contributed by atoms with E-state index in [9.17, 15) is 12.8 Å². The van der Waals surface area contributed by atoms with Crippen LogP contribution in [0, 0.1) is 5.82 Å². The summed E-state index contributed by atoms with van der Waals surface area (Å²) < 4.78 is 53.4. The van der Waals surface area contributed by atoms with Crippen LogP contribution >= 0.6 is 11.3 Å². The second-order valence-corrected chi connectivity index (χ2v) is 10.7. The van der Waals surface area contributed by atoms with Crippen LogP contribution in [0.25, 0.3) is 0 Å². The average molecular weight is 476 g/mol. The Kier molecular flexibility index (Phi) is 7.57. The number of hydrogen-bond donors (Lipinski definition) is 0. The number of benzene rings is 2. The zero-order valence-corrected chi connectivity index (χ0v) is 19.3. The summed E-state index contributed by atoms with van der Waals surface area (Å²) in [6.07, 6.45) is 2.37. The molecule has 1 aromatic heterocycles. The normalized spacial score (nSPS) is 16.5. The highest BCUT2D eigenvalue weighted by Crippen LogP contribution is 2.24. The van der Waals surface area contributed by atoms with Crippen LogP contribution in [0.4, 0.5) is 4.39 Å². The predicted octanol–water partition coefficient (Wildman–Crippen LogP) is 4.88. The van der Waals surface area contributed by atoms with E-state index in [1.165, 1.54) is 27.4 Å². The molecule has 1 aliphatic rings. The maximum atomic E-state index is 13.7. The molecule has 0 saturated carbocycles. The van der Waals surface area contributed by atoms with Gasteiger partial charge in [-0.05, 0) is 60.2 Å². The summed E-state index contributed by atoms with van der Waals surface area (Å²) in [6, 6.07) is 16.7. The number of ether oxygens (including phenoxy) is 2. The smallest absolute Gasteiger partial charge is 0.243 e. The van der Waals surface area contributed by atoms with Gasteiger partial charge in [-0.3, -0.25) is 0 Å². The van der Waals surface area contributed by atoms with Crippen LogP contribution in [-0.2, 0) is 27.7 Å². The number of sulfonamides is 1. The van der Waals surface area contributed by atoms with Crippen LogP contribution in [0.1, 0.15) is 23.3 Å². The van der Waals surface area contributed by atoms with Gasteiger partial charge >= 0.3 is 0 Å². The summed E-state index contributed by atoms with van der Waals surface area (Å²) in [5.74, 6) is 0.114. The molecule has 0 spiro atoms. The van der Waals surface area contributed by atoms with Crippen molar-refractivity contribution in [2.45, 2.75) is 36.8 Å². The highest BCUT2D eigenvalue weighted by Gasteiger charge is 2.29. The Bertz CT molecular complexity index is 1110. The molecule has 1 fully saturated rings. The molecular formula is C24H26FNO4S2. The third-order valence-electron chi connectivity index (χ3n) is 5.32. The molecule has 1 unspecified atom stereocenters. The minimum atomic E-state index is -3.89. The third-order valence-corrected chi connectivity index (χ3v) is 8.06. The molecule has 0 aliphatic carbocycles. The lowest BCUT2D eigenvalue weighted by molar-refractivity contribution is 0.0926. The van der Waals surface area contributed by atoms with Crippen LogP contribution in [0.5, 0.6) is 5.75 Å². The zero-order chi connectivity index (χ0) is 22.4. The Labute approximate surface area is 192 Å². The van der Waals surface area contributed by atoms with E-state index >= 15 is 0 Å². The lowest BCUT2D eigenvalue weighted by Crippen LogP contribution is -2.37. The summed E-state index contributed by atoms with van der Waals surface area (Å²) in [5, 5.41) is 2.04. The van der Waals surface area contributed by atoms with Crippen molar-refractivity contribution in [3.63, 3.8) is 0 Å². The summed E-state index contributed by atoms with van der Waals surface area (Å²) in [5.41, 5.74) is 0.802. The van der Waals surface area contributed by atoms with Crippen LogP contribution < -0.4 is 4.74 Å². The van der Waals surface area contributed by atoms with E-state index in [0.717, 1.165) is 30.9 Å². The van der Waals surface area contributed by atoms with Crippen molar-refractivity contribution < 1.29 is 22.3 Å². The molecule has 1 aliphatic heterocycles. The van der Waals surface area contributed by atoms with E-state index in [1.54, 1.807) is 11.3 Å². The minimum absolute atomic E-state index is 0.0566. The molecule has 3 aromatic rings. The molecule has 4 rings (SSSR count). The van der Waals surface area contributed by atoms with Crippen molar-refractivity contribution in [2.75, 3.05) is 19.8 Å². The summed E-state index contributed by atoms with van der Waals surface area (Å²) >= 11 is 1.69. The molecule has 1 atom stereocenters. The zero-order valence-electron chi connectivity index (χ0n) is 17.7. The van der Waals surface area contributed by atoms with Crippen LogP contribution in [0.15, 0.2) is 70.9 Å². The topological polar surface area (TPSA) is 55.8 Å². The van der Waals surface area contributed by atoms with Gasteiger partial charge in [0.1, 0.15) is 11.6 Å². The second kappa shape index (κ2) is 10.6. The minimum Gasteiger partial charge on any atom is -0.493 e. The lowest BCUT2D eigenvalue weighted by atomic mass is 10.2. The standard InChI is InChI=1S/C24H26FNO4S2/c25-20-6-2-10-24(16-20)32(27,28)26(18-22-8-3-12-29-22)17-19-5-1-7-21(15-19)30-13-11-23-9-4-14-31-23/h1-2,4-7,9-10,14-16,22H,3,8,11-13,17-18H2. The summed E-state index contributed by atoms with van der Waals surface area (Å²) in [4.78, 5) is 1.20. The summed E-state index contributed by atoms with van der Waals surface area (Å²) in [6.45, 7) is 1.56. The molecule has 0 N–H and O–H groups in total. The van der Waals surface area contributed by atoms with E-state index < -0.39 is 15.8 Å². The van der Waals surface area contributed by atoms with Crippen molar-refractivity contribution in [1.29, 1.82) is 0 Å². The second-order valence-electron chi connectivity index (χ2n) is 7.72. The van der Waals surface area contributed by atoms with Crippen LogP contribution in [0.2, 0.25) is 0 Å². The molecule has 0 radical (unpaired) electrons. The molecular weight excluding hydrogens is 449 g/mol. The molecule has 32 heavy (non-hydrogen) atoms. The van der Waals surface area contributed by atoms with E-state index in [0.29, 0.717) is 19.0 Å². The van der Waals surface area contributed by atoms with Crippen molar-refractivity contribution in [3.8, 4) is 5.75 Å². The van der Waals surface area contributed by atoms with Crippen molar-refractivity contribution in [3.05, 3.63) is 82.3 Å². The Morgan fingerprint density at radius 2 is 2.00 bits per heavy atom. The number of thiophene rings is 1. The lowest BCUT2D eigenvalue weighted by Gasteiger charge is -2.25. The Morgan fingerprint density at radius 1 is 1.12 bits per heavy atom. The Hall–Kier alpha value is -2.26. The van der Waals surface area contributed by atoms with Gasteiger partial charge in [0.15, 0.2) is 0 Å². The van der Waals surface area contributed by atoms with Gasteiger partial charge in [-0.15, -0.1) is 11.3 Å². The predicted molar refractivity (Wildman–Crippen MR) is 123 cm³/mol. The van der Waals surface area contributed by atoms with Crippen LogP contribution in [0.3, 0.4) is 0 Å². The van der Waals surface area contributed by atoms with E-state index in [1.807, 2.05) is 35.7 Å². The van der Waals surface area contributed by atoms with Crippen molar-refractivity contribution >= 4 is 21.4 Å². The maximum Gasteiger partial charge on any atom is 0.243 e. The molecule has 1 saturated heterocycles. The SMILES string of the molecule is O=S(=O)(c1cccc(F)c1)N(Cc1cccc(OCCc2cccs2)c1)CC1CCCO1.